The fourth-order valence-corrected chi connectivity index (χ4v) is 4.00. The Bertz CT molecular complexity index is 748. The molecule has 1 aliphatic heterocycles. The Labute approximate surface area is 154 Å². The van der Waals surface area contributed by atoms with Crippen molar-refractivity contribution in [2.45, 2.75) is 38.4 Å². The molecule has 1 heterocycles. The van der Waals surface area contributed by atoms with Gasteiger partial charge < -0.3 is 20.1 Å². The van der Waals surface area contributed by atoms with E-state index in [-0.39, 0.29) is 11.9 Å². The molecule has 0 aliphatic carbocycles. The van der Waals surface area contributed by atoms with Gasteiger partial charge in [-0.25, -0.2) is 4.39 Å². The first kappa shape index (κ1) is 18.7. The SMILES string of the molecule is CC[C@@H]([NH3+])[C@@H]1c2cc(OC)c(OC)cc2CC[NH+]1Cc1ccc(F)cc1. The molecule has 0 aromatic heterocycles. The van der Waals surface area contributed by atoms with E-state index in [9.17, 15) is 4.39 Å². The largest absolute Gasteiger partial charge is 0.493 e. The molecule has 3 rings (SSSR count). The molecule has 0 bridgehead atoms. The maximum Gasteiger partial charge on any atom is 0.166 e. The van der Waals surface area contributed by atoms with Crippen LogP contribution >= 0.6 is 0 Å². The molecule has 1 unspecified atom stereocenters. The number of rotatable bonds is 6. The van der Waals surface area contributed by atoms with E-state index in [2.05, 4.69) is 24.8 Å². The number of methoxy groups -OCH3 is 2. The second kappa shape index (κ2) is 8.06. The molecule has 1 aliphatic rings. The van der Waals surface area contributed by atoms with Crippen molar-refractivity contribution in [3.05, 3.63) is 58.9 Å². The van der Waals surface area contributed by atoms with Crippen molar-refractivity contribution >= 4 is 0 Å². The lowest BCUT2D eigenvalue weighted by atomic mass is 9.86. The molecule has 26 heavy (non-hydrogen) atoms. The van der Waals surface area contributed by atoms with Gasteiger partial charge >= 0.3 is 0 Å². The zero-order valence-electron chi connectivity index (χ0n) is 15.8. The van der Waals surface area contributed by atoms with E-state index >= 15 is 0 Å². The third kappa shape index (κ3) is 3.69. The van der Waals surface area contributed by atoms with Gasteiger partial charge in [-0.1, -0.05) is 19.1 Å². The fourth-order valence-electron chi connectivity index (χ4n) is 4.00. The summed E-state index contributed by atoms with van der Waals surface area (Å²) < 4.78 is 24.2. The van der Waals surface area contributed by atoms with Gasteiger partial charge in [-0.2, -0.15) is 0 Å². The van der Waals surface area contributed by atoms with Crippen LogP contribution in [-0.2, 0) is 13.0 Å². The lowest BCUT2D eigenvalue weighted by molar-refractivity contribution is -0.957. The predicted octanol–water partition coefficient (Wildman–Crippen LogP) is 1.55. The van der Waals surface area contributed by atoms with Gasteiger partial charge in [-0.3, -0.25) is 0 Å². The Hall–Kier alpha value is -2.11. The van der Waals surface area contributed by atoms with E-state index in [1.165, 1.54) is 28.2 Å². The fraction of sp³-hybridized carbons (Fsp3) is 0.429. The Balaban J connectivity index is 1.96. The van der Waals surface area contributed by atoms with E-state index in [1.807, 2.05) is 12.1 Å². The Morgan fingerprint density at radius 2 is 1.81 bits per heavy atom. The van der Waals surface area contributed by atoms with Crippen LogP contribution in [0, 0.1) is 5.82 Å². The highest BCUT2D eigenvalue weighted by Crippen LogP contribution is 2.35. The van der Waals surface area contributed by atoms with Gasteiger partial charge in [0, 0.05) is 24.0 Å². The summed E-state index contributed by atoms with van der Waals surface area (Å²) in [5.41, 5.74) is 8.20. The second-order valence-electron chi connectivity index (χ2n) is 7.01. The van der Waals surface area contributed by atoms with E-state index in [0.29, 0.717) is 6.04 Å². The highest BCUT2D eigenvalue weighted by atomic mass is 19.1. The number of quaternary nitrogens is 2. The summed E-state index contributed by atoms with van der Waals surface area (Å²) >= 11 is 0. The Morgan fingerprint density at radius 1 is 1.15 bits per heavy atom. The minimum atomic E-state index is -0.190. The number of benzene rings is 2. The number of fused-ring (bicyclic) bond motifs is 1. The van der Waals surface area contributed by atoms with Crippen molar-refractivity contribution in [3.63, 3.8) is 0 Å². The predicted molar refractivity (Wildman–Crippen MR) is 98.9 cm³/mol. The molecule has 4 nitrogen and oxygen atoms in total. The van der Waals surface area contributed by atoms with Gasteiger partial charge in [0.1, 0.15) is 18.4 Å². The zero-order valence-corrected chi connectivity index (χ0v) is 15.8. The van der Waals surface area contributed by atoms with Crippen molar-refractivity contribution in [2.75, 3.05) is 20.8 Å². The minimum absolute atomic E-state index is 0.190. The van der Waals surface area contributed by atoms with E-state index < -0.39 is 0 Å². The van der Waals surface area contributed by atoms with Crippen molar-refractivity contribution in [1.82, 2.24) is 0 Å². The Kier molecular flexibility index (Phi) is 5.79. The molecule has 0 amide bonds. The van der Waals surface area contributed by atoms with E-state index in [1.54, 1.807) is 14.2 Å². The molecular weight excluding hydrogens is 331 g/mol. The zero-order chi connectivity index (χ0) is 18.7. The van der Waals surface area contributed by atoms with Crippen molar-refractivity contribution in [1.29, 1.82) is 0 Å². The van der Waals surface area contributed by atoms with Crippen LogP contribution in [-0.4, -0.2) is 26.8 Å². The molecule has 140 valence electrons. The summed E-state index contributed by atoms with van der Waals surface area (Å²) in [6.07, 6.45) is 1.99. The average Bonchev–Trinajstić information content (AvgIpc) is 2.67. The monoisotopic (exact) mass is 360 g/mol. The molecule has 0 fully saturated rings. The lowest BCUT2D eigenvalue weighted by Crippen LogP contribution is -3.14. The van der Waals surface area contributed by atoms with Crippen LogP contribution in [0.5, 0.6) is 11.5 Å². The van der Waals surface area contributed by atoms with Gasteiger partial charge in [0.2, 0.25) is 0 Å². The number of hydrogen-bond donors (Lipinski definition) is 2. The number of halogens is 1. The quantitative estimate of drug-likeness (QED) is 0.821. The maximum atomic E-state index is 13.2. The summed E-state index contributed by atoms with van der Waals surface area (Å²) in [7, 11) is 3.35. The first-order valence-electron chi connectivity index (χ1n) is 9.24. The van der Waals surface area contributed by atoms with Crippen molar-refractivity contribution in [3.8, 4) is 11.5 Å². The summed E-state index contributed by atoms with van der Waals surface area (Å²) in [4.78, 5) is 1.47. The molecule has 5 heteroatoms. The smallest absolute Gasteiger partial charge is 0.166 e. The van der Waals surface area contributed by atoms with E-state index in [4.69, 9.17) is 9.47 Å². The molecule has 2 aromatic rings. The van der Waals surface area contributed by atoms with Gasteiger partial charge in [0.25, 0.3) is 0 Å². The van der Waals surface area contributed by atoms with Gasteiger partial charge in [-0.15, -0.1) is 0 Å². The molecule has 2 aromatic carbocycles. The molecule has 3 atom stereocenters. The first-order chi connectivity index (χ1) is 12.6. The number of hydrogen-bond acceptors (Lipinski definition) is 2. The standard InChI is InChI=1S/C21H27FN2O2/c1-4-18(23)21-17-12-20(26-3)19(25-2)11-15(17)9-10-24(21)13-14-5-7-16(22)8-6-14/h5-8,11-12,18,21H,4,9-10,13,23H2,1-3H3/p+2/t18-,21+/m1/s1. The normalized spacial score (nSPS) is 20.3. The number of ether oxygens (including phenoxy) is 2. The summed E-state index contributed by atoms with van der Waals surface area (Å²) in [5, 5.41) is 0. The molecule has 0 saturated carbocycles. The molecule has 0 spiro atoms. The van der Waals surface area contributed by atoms with Crippen LogP contribution in [0.25, 0.3) is 0 Å². The van der Waals surface area contributed by atoms with Crippen LogP contribution in [0.3, 0.4) is 0 Å². The van der Waals surface area contributed by atoms with Gasteiger partial charge in [-0.05, 0) is 29.8 Å². The molecule has 0 radical (unpaired) electrons. The number of nitrogens with one attached hydrogen (secondary N) is 1. The summed E-state index contributed by atoms with van der Waals surface area (Å²) in [6.45, 7) is 4.07. The van der Waals surface area contributed by atoms with Crippen LogP contribution in [0.1, 0.15) is 36.1 Å². The summed E-state index contributed by atoms with van der Waals surface area (Å²) in [6, 6.07) is 11.7. The third-order valence-electron chi connectivity index (χ3n) is 5.48. The molecule has 0 saturated heterocycles. The lowest BCUT2D eigenvalue weighted by Gasteiger charge is -2.36. The highest BCUT2D eigenvalue weighted by molar-refractivity contribution is 5.49. The molecule has 4 N–H and O–H groups in total. The maximum absolute atomic E-state index is 13.2. The average molecular weight is 360 g/mol. The van der Waals surface area contributed by atoms with Crippen molar-refractivity contribution < 1.29 is 24.5 Å². The van der Waals surface area contributed by atoms with Crippen molar-refractivity contribution in [2.24, 2.45) is 0 Å². The van der Waals surface area contributed by atoms with Crippen LogP contribution in [0.2, 0.25) is 0 Å². The second-order valence-corrected chi connectivity index (χ2v) is 7.01. The van der Waals surface area contributed by atoms with Crippen LogP contribution < -0.4 is 20.1 Å². The minimum Gasteiger partial charge on any atom is -0.493 e. The van der Waals surface area contributed by atoms with Gasteiger partial charge in [0.15, 0.2) is 17.5 Å². The van der Waals surface area contributed by atoms with Crippen LogP contribution in [0.15, 0.2) is 36.4 Å². The molecular formula is C21H29FN2O2+2. The highest BCUT2D eigenvalue weighted by Gasteiger charge is 2.38. The van der Waals surface area contributed by atoms with Gasteiger partial charge in [0.05, 0.1) is 20.8 Å². The van der Waals surface area contributed by atoms with E-state index in [0.717, 1.165) is 43.0 Å². The Morgan fingerprint density at radius 3 is 2.42 bits per heavy atom. The first-order valence-corrected chi connectivity index (χ1v) is 9.24. The summed E-state index contributed by atoms with van der Waals surface area (Å²) in [5.74, 6) is 1.36. The van der Waals surface area contributed by atoms with Crippen LogP contribution in [0.4, 0.5) is 4.39 Å². The topological polar surface area (TPSA) is 50.5 Å². The third-order valence-corrected chi connectivity index (χ3v) is 5.48.